The van der Waals surface area contributed by atoms with Crippen molar-refractivity contribution in [1.29, 1.82) is 0 Å². The van der Waals surface area contributed by atoms with Crippen LogP contribution in [0.5, 0.6) is 0 Å². The van der Waals surface area contributed by atoms with Gasteiger partial charge in [-0.05, 0) is 49.2 Å². The third kappa shape index (κ3) is 5.08. The Bertz CT molecular complexity index is 1050. The van der Waals surface area contributed by atoms with E-state index in [1.165, 1.54) is 12.8 Å². The van der Waals surface area contributed by atoms with E-state index in [1.807, 2.05) is 6.07 Å². The number of aromatic nitrogens is 3. The number of rotatable bonds is 5. The SMILES string of the molecule is O=C(Nc1ccc(Nc2cc(N3CCCC3)cnn2)cc1)c1ccc(C(F)(F)F)nc1. The van der Waals surface area contributed by atoms with Crippen molar-refractivity contribution >= 4 is 28.8 Å². The molecule has 0 saturated carbocycles. The number of nitrogens with one attached hydrogen (secondary N) is 2. The lowest BCUT2D eigenvalue weighted by Crippen LogP contribution is -2.18. The Morgan fingerprint density at radius 1 is 0.968 bits per heavy atom. The number of nitrogens with zero attached hydrogens (tertiary/aromatic N) is 4. The van der Waals surface area contributed by atoms with Crippen LogP contribution in [0.15, 0.2) is 54.9 Å². The predicted molar refractivity (Wildman–Crippen MR) is 110 cm³/mol. The second-order valence-electron chi connectivity index (χ2n) is 7.08. The molecule has 3 aromatic rings. The molecule has 4 rings (SSSR count). The first-order valence-electron chi connectivity index (χ1n) is 9.68. The quantitative estimate of drug-likeness (QED) is 0.623. The number of amides is 1. The third-order valence-corrected chi connectivity index (χ3v) is 4.84. The van der Waals surface area contributed by atoms with Crippen molar-refractivity contribution in [2.24, 2.45) is 0 Å². The number of carbonyl (C=O) groups excluding carboxylic acids is 1. The first-order valence-corrected chi connectivity index (χ1v) is 9.68. The van der Waals surface area contributed by atoms with E-state index in [-0.39, 0.29) is 5.56 Å². The average molecular weight is 428 g/mol. The normalized spacial score (nSPS) is 13.8. The molecule has 1 aromatic carbocycles. The number of benzene rings is 1. The first kappa shape index (κ1) is 20.6. The monoisotopic (exact) mass is 428 g/mol. The fourth-order valence-electron chi connectivity index (χ4n) is 3.25. The van der Waals surface area contributed by atoms with Crippen LogP contribution in [-0.4, -0.2) is 34.2 Å². The number of hydrogen-bond donors (Lipinski definition) is 2. The highest BCUT2D eigenvalue weighted by molar-refractivity contribution is 6.04. The first-order chi connectivity index (χ1) is 14.9. The van der Waals surface area contributed by atoms with Gasteiger partial charge in [0.1, 0.15) is 5.69 Å². The molecule has 0 spiro atoms. The highest BCUT2D eigenvalue weighted by Crippen LogP contribution is 2.27. The molecule has 1 saturated heterocycles. The smallest absolute Gasteiger partial charge is 0.370 e. The van der Waals surface area contributed by atoms with Gasteiger partial charge in [0.15, 0.2) is 5.82 Å². The fourth-order valence-corrected chi connectivity index (χ4v) is 3.25. The summed E-state index contributed by atoms with van der Waals surface area (Å²) < 4.78 is 37.7. The van der Waals surface area contributed by atoms with Crippen LogP contribution in [-0.2, 0) is 6.18 Å². The second-order valence-corrected chi connectivity index (χ2v) is 7.08. The molecule has 0 aliphatic carbocycles. The Morgan fingerprint density at radius 3 is 2.32 bits per heavy atom. The van der Waals surface area contributed by atoms with Gasteiger partial charge in [-0.15, -0.1) is 5.10 Å². The summed E-state index contributed by atoms with van der Waals surface area (Å²) in [5.41, 5.74) is 1.25. The largest absolute Gasteiger partial charge is 0.433 e. The second kappa shape index (κ2) is 8.58. The maximum Gasteiger partial charge on any atom is 0.433 e. The molecule has 1 aliphatic rings. The van der Waals surface area contributed by atoms with E-state index in [0.717, 1.165) is 42.8 Å². The van der Waals surface area contributed by atoms with Crippen LogP contribution >= 0.6 is 0 Å². The maximum absolute atomic E-state index is 12.6. The average Bonchev–Trinajstić information content (AvgIpc) is 3.30. The van der Waals surface area contributed by atoms with Gasteiger partial charge in [-0.25, -0.2) is 0 Å². The van der Waals surface area contributed by atoms with Crippen LogP contribution in [0, 0.1) is 0 Å². The van der Waals surface area contributed by atoms with Crippen LogP contribution in [0.25, 0.3) is 0 Å². The minimum Gasteiger partial charge on any atom is -0.370 e. The molecule has 1 fully saturated rings. The summed E-state index contributed by atoms with van der Waals surface area (Å²) in [5, 5.41) is 13.9. The van der Waals surface area contributed by atoms with E-state index in [4.69, 9.17) is 0 Å². The Labute approximate surface area is 176 Å². The molecule has 1 aliphatic heterocycles. The van der Waals surface area contributed by atoms with Crippen LogP contribution in [0.3, 0.4) is 0 Å². The van der Waals surface area contributed by atoms with Gasteiger partial charge in [-0.3, -0.25) is 9.78 Å². The zero-order valence-electron chi connectivity index (χ0n) is 16.4. The number of carbonyl (C=O) groups is 1. The lowest BCUT2D eigenvalue weighted by molar-refractivity contribution is -0.141. The zero-order valence-corrected chi connectivity index (χ0v) is 16.4. The van der Waals surface area contributed by atoms with Crippen molar-refractivity contribution in [3.8, 4) is 0 Å². The molecule has 2 aromatic heterocycles. The van der Waals surface area contributed by atoms with Crippen molar-refractivity contribution in [2.45, 2.75) is 19.0 Å². The lowest BCUT2D eigenvalue weighted by atomic mass is 10.2. The van der Waals surface area contributed by atoms with E-state index in [1.54, 1.807) is 30.5 Å². The van der Waals surface area contributed by atoms with Gasteiger partial charge < -0.3 is 15.5 Å². The summed E-state index contributed by atoms with van der Waals surface area (Å²) in [4.78, 5) is 17.8. The zero-order chi connectivity index (χ0) is 21.8. The van der Waals surface area contributed by atoms with Crippen LogP contribution in [0.1, 0.15) is 28.9 Å². The van der Waals surface area contributed by atoms with E-state index >= 15 is 0 Å². The highest BCUT2D eigenvalue weighted by Gasteiger charge is 2.32. The number of pyridine rings is 1. The van der Waals surface area contributed by atoms with Crippen LogP contribution < -0.4 is 15.5 Å². The van der Waals surface area contributed by atoms with E-state index < -0.39 is 17.8 Å². The summed E-state index contributed by atoms with van der Waals surface area (Å²) in [6.07, 6.45) is 0.434. The van der Waals surface area contributed by atoms with Gasteiger partial charge in [0, 0.05) is 36.7 Å². The van der Waals surface area contributed by atoms with Gasteiger partial charge in [-0.1, -0.05) is 0 Å². The van der Waals surface area contributed by atoms with E-state index in [2.05, 4.69) is 30.7 Å². The molecular weight excluding hydrogens is 409 g/mol. The summed E-state index contributed by atoms with van der Waals surface area (Å²) in [6.45, 7) is 2.02. The molecule has 7 nitrogen and oxygen atoms in total. The molecule has 3 heterocycles. The number of halogens is 3. The van der Waals surface area contributed by atoms with E-state index in [9.17, 15) is 18.0 Å². The number of alkyl halides is 3. The minimum atomic E-state index is -4.55. The maximum atomic E-state index is 12.6. The van der Waals surface area contributed by atoms with Gasteiger partial charge in [-0.2, -0.15) is 18.3 Å². The van der Waals surface area contributed by atoms with Gasteiger partial charge >= 0.3 is 6.18 Å². The lowest BCUT2D eigenvalue weighted by Gasteiger charge is -2.17. The van der Waals surface area contributed by atoms with Gasteiger partial charge in [0.25, 0.3) is 5.91 Å². The van der Waals surface area contributed by atoms with Crippen molar-refractivity contribution in [3.05, 3.63) is 66.1 Å². The molecule has 0 radical (unpaired) electrons. The highest BCUT2D eigenvalue weighted by atomic mass is 19.4. The molecule has 160 valence electrons. The molecule has 0 atom stereocenters. The van der Waals surface area contributed by atoms with Crippen LogP contribution in [0.4, 0.5) is 36.1 Å². The summed E-state index contributed by atoms with van der Waals surface area (Å²) in [6, 6.07) is 10.7. The predicted octanol–water partition coefficient (Wildman–Crippen LogP) is 4.49. The standard InChI is InChI=1S/C21H19F3N6O/c22-21(23,24)18-8-3-14(12-25-18)20(31)28-16-6-4-15(5-7-16)27-19-11-17(13-26-29-19)30-9-1-2-10-30/h3-8,11-13H,1-2,9-10H2,(H,27,29)(H,28,31). The molecular formula is C21H19F3N6O. The van der Waals surface area contributed by atoms with Crippen molar-refractivity contribution in [2.75, 3.05) is 28.6 Å². The Balaban J connectivity index is 1.38. The van der Waals surface area contributed by atoms with Crippen molar-refractivity contribution in [1.82, 2.24) is 15.2 Å². The fraction of sp³-hybridized carbons (Fsp3) is 0.238. The van der Waals surface area contributed by atoms with Crippen molar-refractivity contribution in [3.63, 3.8) is 0 Å². The van der Waals surface area contributed by atoms with Crippen LogP contribution in [0.2, 0.25) is 0 Å². The molecule has 0 bridgehead atoms. The topological polar surface area (TPSA) is 83.0 Å². The van der Waals surface area contributed by atoms with E-state index in [0.29, 0.717) is 11.5 Å². The minimum absolute atomic E-state index is 0.0317. The molecule has 2 N–H and O–H groups in total. The van der Waals surface area contributed by atoms with Gasteiger partial charge in [0.2, 0.25) is 0 Å². The summed E-state index contributed by atoms with van der Waals surface area (Å²) >= 11 is 0. The Kier molecular flexibility index (Phi) is 5.70. The third-order valence-electron chi connectivity index (χ3n) is 4.84. The van der Waals surface area contributed by atoms with Gasteiger partial charge in [0.05, 0.1) is 17.4 Å². The molecule has 10 heteroatoms. The number of hydrogen-bond acceptors (Lipinski definition) is 6. The van der Waals surface area contributed by atoms with Crippen molar-refractivity contribution < 1.29 is 18.0 Å². The number of anilines is 4. The molecule has 1 amide bonds. The summed E-state index contributed by atoms with van der Waals surface area (Å²) in [5.74, 6) is 0.0585. The Hall–Kier alpha value is -3.69. The molecule has 0 unspecified atom stereocenters. The summed E-state index contributed by atoms with van der Waals surface area (Å²) in [7, 11) is 0. The Morgan fingerprint density at radius 2 is 1.68 bits per heavy atom. The molecule has 31 heavy (non-hydrogen) atoms.